The molecule has 0 spiro atoms. The minimum absolute atomic E-state index is 0.108. The van der Waals surface area contributed by atoms with Crippen LogP contribution in [-0.2, 0) is 7.05 Å². The van der Waals surface area contributed by atoms with Crippen LogP contribution in [0.3, 0.4) is 0 Å². The Morgan fingerprint density at radius 2 is 1.97 bits per heavy atom. The lowest BCUT2D eigenvalue weighted by molar-refractivity contribution is 0.0937. The first kappa shape index (κ1) is 22.9. The molecule has 2 heterocycles. The van der Waals surface area contributed by atoms with E-state index in [4.69, 9.17) is 9.47 Å². The summed E-state index contributed by atoms with van der Waals surface area (Å²) < 4.78 is 27.1. The maximum Gasteiger partial charge on any atom is 0.163 e. The molecule has 4 aromatic rings. The van der Waals surface area contributed by atoms with Crippen molar-refractivity contribution in [2.45, 2.75) is 25.9 Å². The molecule has 33 heavy (non-hydrogen) atoms. The number of fused-ring (bicyclic) bond motifs is 1. The molecule has 0 aliphatic carbocycles. The van der Waals surface area contributed by atoms with E-state index in [9.17, 15) is 14.3 Å². The number of halogens is 1. The van der Waals surface area contributed by atoms with Crippen LogP contribution >= 0.6 is 11.3 Å². The van der Waals surface area contributed by atoms with Crippen molar-refractivity contribution in [3.05, 3.63) is 64.5 Å². The summed E-state index contributed by atoms with van der Waals surface area (Å²) in [5, 5.41) is 13.5. The molecule has 6 nitrogen and oxygen atoms in total. The second-order valence-electron chi connectivity index (χ2n) is 7.78. The Morgan fingerprint density at radius 1 is 1.21 bits per heavy atom. The highest BCUT2D eigenvalue weighted by Crippen LogP contribution is 2.36. The fraction of sp³-hybridized carbons (Fsp3) is 0.280. The number of carbonyl (C=O) groups excluding carboxylic acids is 1. The molecular weight excluding hydrogens is 443 g/mol. The molecule has 0 saturated heterocycles. The number of imidazole rings is 1. The van der Waals surface area contributed by atoms with Crippen molar-refractivity contribution in [1.29, 1.82) is 0 Å². The molecule has 0 amide bonds. The molecule has 2 aromatic heterocycles. The van der Waals surface area contributed by atoms with Crippen molar-refractivity contribution < 1.29 is 23.8 Å². The number of rotatable bonds is 8. The van der Waals surface area contributed by atoms with E-state index < -0.39 is 6.10 Å². The standard InChI is InChI=1S/C25H25FN2O4S/c1-14-23(20(30)10-9-19(29)15-8-11-21(31-3)22(12-15)32-4)27-25(28(14)2)17-13-33-24-16(17)6-5-7-18(24)26/h5-8,11-13,20,30H,9-10H2,1-4H3. The number of hydrogen-bond donors (Lipinski definition) is 1. The van der Waals surface area contributed by atoms with Crippen molar-refractivity contribution in [1.82, 2.24) is 9.55 Å². The lowest BCUT2D eigenvalue weighted by Crippen LogP contribution is -2.06. The van der Waals surface area contributed by atoms with Crippen LogP contribution in [0.1, 0.15) is 40.7 Å². The van der Waals surface area contributed by atoms with E-state index >= 15 is 0 Å². The van der Waals surface area contributed by atoms with Crippen LogP contribution in [0.5, 0.6) is 11.5 Å². The van der Waals surface area contributed by atoms with Gasteiger partial charge in [-0.25, -0.2) is 9.37 Å². The number of nitrogens with zero attached hydrogens (tertiary/aromatic N) is 2. The molecule has 0 aliphatic rings. The zero-order valence-electron chi connectivity index (χ0n) is 18.9. The Balaban J connectivity index is 1.54. The van der Waals surface area contributed by atoms with Gasteiger partial charge in [0.25, 0.3) is 0 Å². The SMILES string of the molecule is COc1ccc(C(=O)CCC(O)c2nc(-c3csc4c(F)cccc34)n(C)c2C)cc1OC. The molecule has 4 rings (SSSR count). The first-order valence-electron chi connectivity index (χ1n) is 10.5. The maximum atomic E-state index is 14.1. The number of carbonyl (C=O) groups is 1. The molecule has 0 fully saturated rings. The predicted octanol–water partition coefficient (Wildman–Crippen LogP) is 5.46. The molecule has 1 atom stereocenters. The van der Waals surface area contributed by atoms with E-state index in [2.05, 4.69) is 4.98 Å². The molecule has 0 aliphatic heterocycles. The Bertz CT molecular complexity index is 1330. The molecule has 172 valence electrons. The van der Waals surface area contributed by atoms with Crippen LogP contribution in [0, 0.1) is 12.7 Å². The minimum atomic E-state index is -0.907. The number of hydrogen-bond acceptors (Lipinski definition) is 6. The topological polar surface area (TPSA) is 73.6 Å². The third kappa shape index (κ3) is 4.24. The molecule has 1 unspecified atom stereocenters. The zero-order chi connectivity index (χ0) is 23.7. The highest BCUT2D eigenvalue weighted by Gasteiger charge is 2.22. The normalized spacial score (nSPS) is 12.2. The molecule has 0 radical (unpaired) electrons. The van der Waals surface area contributed by atoms with Crippen molar-refractivity contribution in [2.75, 3.05) is 14.2 Å². The summed E-state index contributed by atoms with van der Waals surface area (Å²) in [6.45, 7) is 1.88. The summed E-state index contributed by atoms with van der Waals surface area (Å²) in [6, 6.07) is 9.99. The molecular formula is C25H25FN2O4S. The average molecular weight is 469 g/mol. The van der Waals surface area contributed by atoms with Crippen LogP contribution in [0.4, 0.5) is 4.39 Å². The third-order valence-electron chi connectivity index (χ3n) is 5.88. The number of benzene rings is 2. The molecule has 8 heteroatoms. The Labute approximate surface area is 195 Å². The fourth-order valence-corrected chi connectivity index (χ4v) is 4.86. The smallest absolute Gasteiger partial charge is 0.163 e. The van der Waals surface area contributed by atoms with Gasteiger partial charge >= 0.3 is 0 Å². The molecule has 0 saturated carbocycles. The fourth-order valence-electron chi connectivity index (χ4n) is 3.91. The lowest BCUT2D eigenvalue weighted by atomic mass is 10.0. The van der Waals surface area contributed by atoms with Gasteiger partial charge in [-0.05, 0) is 37.6 Å². The number of ether oxygens (including phenoxy) is 2. The first-order chi connectivity index (χ1) is 15.8. The first-order valence-corrected chi connectivity index (χ1v) is 11.4. The highest BCUT2D eigenvalue weighted by molar-refractivity contribution is 7.17. The van der Waals surface area contributed by atoms with E-state index in [0.29, 0.717) is 33.3 Å². The van der Waals surface area contributed by atoms with Gasteiger partial charge in [0.2, 0.25) is 0 Å². The van der Waals surface area contributed by atoms with Crippen LogP contribution in [-0.4, -0.2) is 34.7 Å². The summed E-state index contributed by atoms with van der Waals surface area (Å²) in [4.78, 5) is 17.4. The summed E-state index contributed by atoms with van der Waals surface area (Å²) in [7, 11) is 4.92. The zero-order valence-corrected chi connectivity index (χ0v) is 19.7. The number of ketones is 1. The van der Waals surface area contributed by atoms with E-state index in [1.807, 2.05) is 30.0 Å². The maximum absolute atomic E-state index is 14.1. The van der Waals surface area contributed by atoms with Crippen molar-refractivity contribution in [2.24, 2.45) is 7.05 Å². The van der Waals surface area contributed by atoms with Crippen molar-refractivity contribution in [3.8, 4) is 22.9 Å². The van der Waals surface area contributed by atoms with Crippen LogP contribution in [0.2, 0.25) is 0 Å². The molecule has 2 aromatic carbocycles. The number of Topliss-reactive ketones (excluding diaryl/α,β-unsaturated/α-hetero) is 1. The number of aliphatic hydroxyl groups is 1. The van der Waals surface area contributed by atoms with Gasteiger partial charge in [-0.15, -0.1) is 11.3 Å². The number of thiophene rings is 1. The second kappa shape index (κ2) is 9.33. The van der Waals surface area contributed by atoms with Gasteiger partial charge in [0.05, 0.1) is 30.7 Å². The van der Waals surface area contributed by atoms with Crippen LogP contribution in [0.15, 0.2) is 41.8 Å². The largest absolute Gasteiger partial charge is 0.493 e. The number of methoxy groups -OCH3 is 2. The Morgan fingerprint density at radius 3 is 2.70 bits per heavy atom. The van der Waals surface area contributed by atoms with Crippen molar-refractivity contribution in [3.63, 3.8) is 0 Å². The van der Waals surface area contributed by atoms with Gasteiger partial charge in [-0.2, -0.15) is 0 Å². The van der Waals surface area contributed by atoms with Gasteiger partial charge in [-0.1, -0.05) is 12.1 Å². The third-order valence-corrected chi connectivity index (χ3v) is 6.88. The van der Waals surface area contributed by atoms with E-state index in [0.717, 1.165) is 16.6 Å². The van der Waals surface area contributed by atoms with E-state index in [1.165, 1.54) is 31.6 Å². The summed E-state index contributed by atoms with van der Waals surface area (Å²) in [5.74, 6) is 1.32. The number of aliphatic hydroxyl groups excluding tert-OH is 1. The summed E-state index contributed by atoms with van der Waals surface area (Å²) in [5.41, 5.74) is 2.63. The van der Waals surface area contributed by atoms with Gasteiger partial charge in [0.15, 0.2) is 17.3 Å². The van der Waals surface area contributed by atoms with Gasteiger partial charge < -0.3 is 19.1 Å². The van der Waals surface area contributed by atoms with Crippen LogP contribution in [0.25, 0.3) is 21.5 Å². The molecule has 0 bridgehead atoms. The van der Waals surface area contributed by atoms with Gasteiger partial charge in [-0.3, -0.25) is 4.79 Å². The highest BCUT2D eigenvalue weighted by atomic mass is 32.1. The average Bonchev–Trinajstić information content (AvgIpc) is 3.38. The van der Waals surface area contributed by atoms with Crippen molar-refractivity contribution >= 4 is 27.2 Å². The predicted molar refractivity (Wildman–Crippen MR) is 127 cm³/mol. The molecule has 1 N–H and O–H groups in total. The summed E-state index contributed by atoms with van der Waals surface area (Å²) in [6.07, 6.45) is -0.534. The van der Waals surface area contributed by atoms with E-state index in [1.54, 1.807) is 24.3 Å². The quantitative estimate of drug-likeness (QED) is 0.348. The van der Waals surface area contributed by atoms with E-state index in [-0.39, 0.29) is 24.4 Å². The monoisotopic (exact) mass is 468 g/mol. The van der Waals surface area contributed by atoms with Crippen LogP contribution < -0.4 is 9.47 Å². The minimum Gasteiger partial charge on any atom is -0.493 e. The van der Waals surface area contributed by atoms with Gasteiger partial charge in [0, 0.05) is 41.1 Å². The Hall–Kier alpha value is -3.23. The Kier molecular flexibility index (Phi) is 6.49. The summed E-state index contributed by atoms with van der Waals surface area (Å²) >= 11 is 1.33. The van der Waals surface area contributed by atoms with Gasteiger partial charge in [0.1, 0.15) is 11.6 Å². The number of aromatic nitrogens is 2. The lowest BCUT2D eigenvalue weighted by Gasteiger charge is -2.11. The second-order valence-corrected chi connectivity index (χ2v) is 8.66.